The highest BCUT2D eigenvalue weighted by Crippen LogP contribution is 2.16. The lowest BCUT2D eigenvalue weighted by Gasteiger charge is -2.20. The molecule has 0 aliphatic carbocycles. The zero-order valence-electron chi connectivity index (χ0n) is 12.0. The van der Waals surface area contributed by atoms with Crippen molar-refractivity contribution in [1.29, 1.82) is 5.26 Å². The first kappa shape index (κ1) is 16.0. The first-order valence-electron chi connectivity index (χ1n) is 6.70. The quantitative estimate of drug-likeness (QED) is 0.679. The minimum atomic E-state index is -0.111. The van der Waals surface area contributed by atoms with Gasteiger partial charge in [0.15, 0.2) is 6.61 Å². The molecule has 0 saturated heterocycles. The Morgan fingerprint density at radius 3 is 2.75 bits per heavy atom. The summed E-state index contributed by atoms with van der Waals surface area (Å²) in [5.74, 6) is 0.323. The van der Waals surface area contributed by atoms with Crippen LogP contribution in [0.2, 0.25) is 0 Å². The van der Waals surface area contributed by atoms with Crippen molar-refractivity contribution in [2.24, 2.45) is 0 Å². The number of rotatable bonds is 8. The average Bonchev–Trinajstić information content (AvgIpc) is 2.49. The van der Waals surface area contributed by atoms with Gasteiger partial charge < -0.3 is 14.4 Å². The van der Waals surface area contributed by atoms with Crippen molar-refractivity contribution in [2.45, 2.75) is 13.8 Å². The average molecular weight is 276 g/mol. The van der Waals surface area contributed by atoms with Crippen molar-refractivity contribution in [3.05, 3.63) is 29.8 Å². The number of likely N-dealkylation sites (N-methyl/N-ethyl adjacent to an activating group) is 1. The Balaban J connectivity index is 2.50. The molecule has 0 saturated carbocycles. The summed E-state index contributed by atoms with van der Waals surface area (Å²) >= 11 is 0. The molecule has 1 aromatic carbocycles. The highest BCUT2D eigenvalue weighted by molar-refractivity contribution is 5.77. The molecule has 0 N–H and O–H groups in total. The van der Waals surface area contributed by atoms with E-state index in [1.54, 1.807) is 29.2 Å². The van der Waals surface area contributed by atoms with E-state index in [0.29, 0.717) is 37.6 Å². The number of para-hydroxylation sites is 1. The number of ether oxygens (including phenoxy) is 2. The van der Waals surface area contributed by atoms with Gasteiger partial charge in [0, 0.05) is 19.7 Å². The predicted octanol–water partition coefficient (Wildman–Crippen LogP) is 1.82. The zero-order valence-corrected chi connectivity index (χ0v) is 12.0. The van der Waals surface area contributed by atoms with E-state index in [9.17, 15) is 4.79 Å². The summed E-state index contributed by atoms with van der Waals surface area (Å²) < 4.78 is 10.7. The van der Waals surface area contributed by atoms with Crippen LogP contribution in [-0.4, -0.2) is 43.7 Å². The third-order valence-corrected chi connectivity index (χ3v) is 2.80. The summed E-state index contributed by atoms with van der Waals surface area (Å²) in [4.78, 5) is 13.7. The van der Waals surface area contributed by atoms with Crippen molar-refractivity contribution < 1.29 is 14.3 Å². The summed E-state index contributed by atoms with van der Waals surface area (Å²) in [6.45, 7) is 6.07. The van der Waals surface area contributed by atoms with Gasteiger partial charge in [0.2, 0.25) is 0 Å². The van der Waals surface area contributed by atoms with E-state index in [4.69, 9.17) is 14.7 Å². The highest BCUT2D eigenvalue weighted by Gasteiger charge is 2.13. The van der Waals surface area contributed by atoms with E-state index in [0.717, 1.165) is 0 Å². The summed E-state index contributed by atoms with van der Waals surface area (Å²) in [6.07, 6.45) is 0. The molecule has 20 heavy (non-hydrogen) atoms. The zero-order chi connectivity index (χ0) is 14.8. The Bertz CT molecular complexity index is 468. The fourth-order valence-electron chi connectivity index (χ4n) is 1.69. The number of amides is 1. The van der Waals surface area contributed by atoms with Crippen LogP contribution in [0.4, 0.5) is 0 Å². The molecule has 0 radical (unpaired) electrons. The van der Waals surface area contributed by atoms with Crippen LogP contribution in [0.15, 0.2) is 24.3 Å². The summed E-state index contributed by atoms with van der Waals surface area (Å²) in [6, 6.07) is 8.91. The molecule has 0 fully saturated rings. The number of hydrogen-bond donors (Lipinski definition) is 0. The largest absolute Gasteiger partial charge is 0.482 e. The molecule has 0 bridgehead atoms. The monoisotopic (exact) mass is 276 g/mol. The van der Waals surface area contributed by atoms with Gasteiger partial charge in [-0.2, -0.15) is 5.26 Å². The van der Waals surface area contributed by atoms with Gasteiger partial charge >= 0.3 is 0 Å². The molecule has 0 spiro atoms. The number of nitriles is 1. The van der Waals surface area contributed by atoms with Crippen LogP contribution in [0.5, 0.6) is 5.75 Å². The van der Waals surface area contributed by atoms with Gasteiger partial charge in [0.05, 0.1) is 12.2 Å². The number of hydrogen-bond acceptors (Lipinski definition) is 4. The van der Waals surface area contributed by atoms with Crippen LogP contribution in [-0.2, 0) is 9.53 Å². The standard InChI is InChI=1S/C15H20N2O3/c1-3-17(9-10-19-4-2)15(18)12-20-14-8-6-5-7-13(14)11-16/h5-8H,3-4,9-10,12H2,1-2H3. The van der Waals surface area contributed by atoms with Gasteiger partial charge in [0.25, 0.3) is 5.91 Å². The Kier molecular flexibility index (Phi) is 7.15. The van der Waals surface area contributed by atoms with Crippen molar-refractivity contribution in [3.8, 4) is 11.8 Å². The van der Waals surface area contributed by atoms with Crippen LogP contribution < -0.4 is 4.74 Å². The maximum atomic E-state index is 12.0. The molecule has 0 aromatic heterocycles. The second kappa shape index (κ2) is 8.94. The van der Waals surface area contributed by atoms with Crippen LogP contribution in [0.3, 0.4) is 0 Å². The number of nitrogens with zero attached hydrogens (tertiary/aromatic N) is 2. The van der Waals surface area contributed by atoms with Crippen molar-refractivity contribution >= 4 is 5.91 Å². The molecule has 1 aromatic rings. The molecule has 0 unspecified atom stereocenters. The Hall–Kier alpha value is -2.06. The molecule has 5 nitrogen and oxygen atoms in total. The smallest absolute Gasteiger partial charge is 0.260 e. The second-order valence-corrected chi connectivity index (χ2v) is 4.07. The van der Waals surface area contributed by atoms with Crippen LogP contribution in [0, 0.1) is 11.3 Å². The van der Waals surface area contributed by atoms with E-state index in [1.807, 2.05) is 19.9 Å². The molecule has 0 heterocycles. The molecule has 0 atom stereocenters. The van der Waals surface area contributed by atoms with Gasteiger partial charge in [-0.15, -0.1) is 0 Å². The maximum absolute atomic E-state index is 12.0. The third-order valence-electron chi connectivity index (χ3n) is 2.80. The first-order valence-corrected chi connectivity index (χ1v) is 6.70. The molecule has 0 aliphatic heterocycles. The van der Waals surface area contributed by atoms with Gasteiger partial charge in [-0.1, -0.05) is 12.1 Å². The lowest BCUT2D eigenvalue weighted by atomic mass is 10.2. The van der Waals surface area contributed by atoms with Gasteiger partial charge in [0.1, 0.15) is 11.8 Å². The van der Waals surface area contributed by atoms with Crippen molar-refractivity contribution in [3.63, 3.8) is 0 Å². The Morgan fingerprint density at radius 2 is 2.10 bits per heavy atom. The van der Waals surface area contributed by atoms with Gasteiger partial charge in [-0.05, 0) is 26.0 Å². The number of benzene rings is 1. The minimum absolute atomic E-state index is 0.0708. The van der Waals surface area contributed by atoms with Crippen LogP contribution in [0.1, 0.15) is 19.4 Å². The lowest BCUT2D eigenvalue weighted by molar-refractivity contribution is -0.133. The normalized spacial score (nSPS) is 9.85. The van der Waals surface area contributed by atoms with Gasteiger partial charge in [-0.3, -0.25) is 4.79 Å². The summed E-state index contributed by atoms with van der Waals surface area (Å²) in [7, 11) is 0. The fraction of sp³-hybridized carbons (Fsp3) is 0.467. The molecule has 5 heteroatoms. The maximum Gasteiger partial charge on any atom is 0.260 e. The van der Waals surface area contributed by atoms with E-state index < -0.39 is 0 Å². The van der Waals surface area contributed by atoms with Crippen molar-refractivity contribution in [2.75, 3.05) is 32.9 Å². The first-order chi connectivity index (χ1) is 9.72. The van der Waals surface area contributed by atoms with E-state index >= 15 is 0 Å². The SMILES string of the molecule is CCOCCN(CC)C(=O)COc1ccccc1C#N. The molecule has 1 amide bonds. The minimum Gasteiger partial charge on any atom is -0.482 e. The topological polar surface area (TPSA) is 62.6 Å². The van der Waals surface area contributed by atoms with E-state index in [2.05, 4.69) is 0 Å². The molecule has 108 valence electrons. The molecular formula is C15H20N2O3. The summed E-state index contributed by atoms with van der Waals surface area (Å²) in [5, 5.41) is 8.94. The lowest BCUT2D eigenvalue weighted by Crippen LogP contribution is -2.37. The van der Waals surface area contributed by atoms with E-state index in [-0.39, 0.29) is 12.5 Å². The molecule has 0 aliphatic rings. The highest BCUT2D eigenvalue weighted by atomic mass is 16.5. The van der Waals surface area contributed by atoms with Crippen LogP contribution >= 0.6 is 0 Å². The predicted molar refractivity (Wildman–Crippen MR) is 75.4 cm³/mol. The third kappa shape index (κ3) is 4.90. The number of carbonyl (C=O) groups is 1. The number of carbonyl (C=O) groups excluding carboxylic acids is 1. The summed E-state index contributed by atoms with van der Waals surface area (Å²) in [5.41, 5.74) is 0.428. The van der Waals surface area contributed by atoms with Gasteiger partial charge in [-0.25, -0.2) is 0 Å². The second-order valence-electron chi connectivity index (χ2n) is 4.07. The van der Waals surface area contributed by atoms with Crippen LogP contribution in [0.25, 0.3) is 0 Å². The molecular weight excluding hydrogens is 256 g/mol. The fourth-order valence-corrected chi connectivity index (χ4v) is 1.69. The Labute approximate surface area is 119 Å². The Morgan fingerprint density at radius 1 is 1.35 bits per heavy atom. The van der Waals surface area contributed by atoms with E-state index in [1.165, 1.54) is 0 Å². The van der Waals surface area contributed by atoms with Crippen molar-refractivity contribution in [1.82, 2.24) is 4.90 Å². The molecule has 1 rings (SSSR count).